The first kappa shape index (κ1) is 38.0. The largest absolute Gasteiger partial charge is 0.460 e. The summed E-state index contributed by atoms with van der Waals surface area (Å²) < 4.78 is 161. The van der Waals surface area contributed by atoms with Gasteiger partial charge in [0.25, 0.3) is 0 Å². The van der Waals surface area contributed by atoms with Crippen LogP contribution in [0.3, 0.4) is 0 Å². The molecule has 0 unspecified atom stereocenters. The van der Waals surface area contributed by atoms with E-state index in [-0.39, 0.29) is 18.1 Å². The van der Waals surface area contributed by atoms with Crippen molar-refractivity contribution in [3.8, 4) is 0 Å². The number of rotatable bonds is 14. The van der Waals surface area contributed by atoms with E-state index < -0.39 is 49.5 Å². The molecule has 256 valence electrons. The minimum atomic E-state index is -7.40. The molecule has 46 heavy (non-hydrogen) atoms. The normalized spacial score (nSPS) is 14.4. The van der Waals surface area contributed by atoms with Crippen molar-refractivity contribution in [3.05, 3.63) is 90.0 Å². The third-order valence-corrected chi connectivity index (χ3v) is 11.8. The second-order valence-corrected chi connectivity index (χ2v) is 15.9. The van der Waals surface area contributed by atoms with Gasteiger partial charge in [0.2, 0.25) is 5.79 Å². The van der Waals surface area contributed by atoms with E-state index in [4.69, 9.17) is 9.47 Å². The molecule has 0 atom stereocenters. The van der Waals surface area contributed by atoms with Crippen LogP contribution in [0.2, 0.25) is 0 Å². The number of benzene rings is 3. The Kier molecular flexibility index (Phi) is 11.2. The Labute approximate surface area is 266 Å². The predicted molar refractivity (Wildman–Crippen MR) is 156 cm³/mol. The highest BCUT2D eigenvalue weighted by atomic mass is 32.3. The van der Waals surface area contributed by atoms with E-state index >= 15 is 0 Å². The molecule has 0 amide bonds. The lowest BCUT2D eigenvalue weighted by atomic mass is 9.97. The zero-order valence-electron chi connectivity index (χ0n) is 24.6. The van der Waals surface area contributed by atoms with Crippen molar-refractivity contribution in [1.82, 2.24) is 0 Å². The van der Waals surface area contributed by atoms with E-state index in [0.29, 0.717) is 11.1 Å². The van der Waals surface area contributed by atoms with E-state index in [1.807, 2.05) is 42.5 Å². The van der Waals surface area contributed by atoms with Crippen molar-refractivity contribution in [2.45, 2.75) is 57.6 Å². The zero-order valence-corrected chi connectivity index (χ0v) is 27.0. The summed E-state index contributed by atoms with van der Waals surface area (Å²) in [4.78, 5) is 1.72. The molecule has 0 radical (unpaired) electrons. The van der Waals surface area contributed by atoms with E-state index in [1.54, 1.807) is 26.0 Å². The molecule has 3 aromatic carbocycles. The number of halogens is 9. The number of hydrogen-bond acceptors (Lipinski definition) is 6. The third-order valence-electron chi connectivity index (χ3n) is 6.40. The van der Waals surface area contributed by atoms with Crippen LogP contribution in [0.4, 0.5) is 39.5 Å². The number of alkyl halides is 9. The lowest BCUT2D eigenvalue weighted by Gasteiger charge is -2.37. The van der Waals surface area contributed by atoms with Crippen LogP contribution in [0.25, 0.3) is 0 Å². The van der Waals surface area contributed by atoms with E-state index in [0.717, 1.165) is 22.3 Å². The molecule has 0 aliphatic heterocycles. The minimum Gasteiger partial charge on any atom is -0.342 e. The first-order valence-electron chi connectivity index (χ1n) is 13.2. The van der Waals surface area contributed by atoms with Gasteiger partial charge in [-0.2, -0.15) is 47.9 Å². The molecule has 0 N–H and O–H groups in total. The van der Waals surface area contributed by atoms with E-state index in [2.05, 4.69) is 3.63 Å². The van der Waals surface area contributed by atoms with Crippen LogP contribution in [0, 0.1) is 0 Å². The monoisotopic (exact) mass is 724 g/mol. The highest BCUT2D eigenvalue weighted by Crippen LogP contribution is 2.59. The Morgan fingerprint density at radius 3 is 1.50 bits per heavy atom. The second kappa shape index (κ2) is 13.6. The molecule has 0 saturated carbocycles. The first-order chi connectivity index (χ1) is 21.1. The molecule has 0 aromatic heterocycles. The lowest BCUT2D eigenvalue weighted by molar-refractivity contribution is -0.382. The molecule has 0 aliphatic carbocycles. The molecule has 0 heterocycles. The van der Waals surface area contributed by atoms with Gasteiger partial charge in [0.15, 0.2) is 0 Å². The summed E-state index contributed by atoms with van der Waals surface area (Å²) in [7, 11) is -10.6. The number of hydrogen-bond donors (Lipinski definition) is 0. The highest BCUT2D eigenvalue weighted by molar-refractivity contribution is 8.32. The minimum absolute atomic E-state index is 0.145. The molecule has 5 nitrogen and oxygen atoms in total. The summed E-state index contributed by atoms with van der Waals surface area (Å²) in [6.07, 6.45) is -5.39. The van der Waals surface area contributed by atoms with Gasteiger partial charge >= 0.3 is 33.4 Å². The van der Waals surface area contributed by atoms with Crippen molar-refractivity contribution < 1.29 is 61.0 Å². The summed E-state index contributed by atoms with van der Waals surface area (Å²) >= 11 is 1.50. The van der Waals surface area contributed by atoms with E-state index in [1.165, 1.54) is 36.0 Å². The van der Waals surface area contributed by atoms with Crippen LogP contribution in [0.1, 0.15) is 25.0 Å². The summed E-state index contributed by atoms with van der Waals surface area (Å²) in [6.45, 7) is 3.69. The molecule has 0 aliphatic rings. The fraction of sp³-hybridized carbons (Fsp3) is 0.379. The van der Waals surface area contributed by atoms with Gasteiger partial charge < -0.3 is 9.47 Å². The molecule has 0 saturated heterocycles. The zero-order chi connectivity index (χ0) is 34.8. The van der Waals surface area contributed by atoms with Crippen LogP contribution >= 0.6 is 22.1 Å². The average Bonchev–Trinajstić information content (AvgIpc) is 2.96. The highest BCUT2D eigenvalue weighted by Gasteiger charge is 2.86. The Balaban J connectivity index is 1.96. The molecule has 0 bridgehead atoms. The Morgan fingerprint density at radius 1 is 0.630 bits per heavy atom. The van der Waals surface area contributed by atoms with Crippen LogP contribution in [-0.4, -0.2) is 57.4 Å². The Hall–Kier alpha value is -2.44. The number of ether oxygens (including phenoxy) is 2. The van der Waals surface area contributed by atoms with Crippen LogP contribution in [0.15, 0.2) is 93.5 Å². The van der Waals surface area contributed by atoms with Crippen LogP contribution in [0.5, 0.6) is 0 Å². The molecule has 3 rings (SSSR count). The van der Waals surface area contributed by atoms with Gasteiger partial charge in [-0.15, -0.1) is 0 Å². The van der Waals surface area contributed by atoms with Gasteiger partial charge in [-0.3, -0.25) is 0 Å². The van der Waals surface area contributed by atoms with Gasteiger partial charge in [0.05, 0.1) is 0 Å². The third kappa shape index (κ3) is 7.18. The van der Waals surface area contributed by atoms with Crippen molar-refractivity contribution in [2.75, 3.05) is 25.7 Å². The first-order valence-corrected chi connectivity index (χ1v) is 17.8. The van der Waals surface area contributed by atoms with Crippen molar-refractivity contribution in [1.29, 1.82) is 0 Å². The fourth-order valence-corrected chi connectivity index (χ4v) is 8.66. The Bertz CT molecular complexity index is 1560. The van der Waals surface area contributed by atoms with Crippen molar-refractivity contribution in [3.63, 3.8) is 0 Å². The van der Waals surface area contributed by atoms with Crippen molar-refractivity contribution in [2.24, 2.45) is 0 Å². The topological polar surface area (TPSA) is 61.8 Å². The lowest BCUT2D eigenvalue weighted by Crippen LogP contribution is -2.63. The summed E-state index contributed by atoms with van der Waals surface area (Å²) in [5.74, 6) is -16.3. The molecular weight excluding hydrogens is 695 g/mol. The molecule has 0 fully saturated rings. The molecule has 0 spiro atoms. The summed E-state index contributed by atoms with van der Waals surface area (Å²) in [6, 6.07) is 21.8. The Morgan fingerprint density at radius 2 is 1.07 bits per heavy atom. The second-order valence-electron chi connectivity index (χ2n) is 9.87. The van der Waals surface area contributed by atoms with Crippen LogP contribution in [-0.2, 0) is 29.0 Å². The smallest absolute Gasteiger partial charge is 0.342 e. The summed E-state index contributed by atoms with van der Waals surface area (Å²) in [5.41, 5.74) is 0.877. The van der Waals surface area contributed by atoms with Gasteiger partial charge in [0, 0.05) is 39.0 Å². The maximum Gasteiger partial charge on any atom is 0.460 e. The SMILES string of the molecule is CCOC(OCC)(c1ccc(Sc2ccccc2)cc1)c1ccc(S(C)(C)OS(=O)(=O)C(F)(F)C(F)(F)C(F)(F)C(F)(F)F)cc1. The van der Waals surface area contributed by atoms with Gasteiger partial charge in [0.1, 0.15) is 0 Å². The fourth-order valence-electron chi connectivity index (χ4n) is 4.14. The van der Waals surface area contributed by atoms with Gasteiger partial charge in [-0.05, 0) is 62.8 Å². The van der Waals surface area contributed by atoms with Crippen molar-refractivity contribution >= 4 is 32.2 Å². The standard InChI is InChI=1S/C29H29F9O5S3/c1-5-41-25(42-6-2,20-12-16-23(17-13-20)44-22-10-8-7-9-11-22)21-14-18-24(19-15-21)45(3,4)43-46(39,40)29(37,38)27(32,33)26(30,31)28(34,35)36/h7-19H,5-6H2,1-4H3. The van der Waals surface area contributed by atoms with E-state index in [9.17, 15) is 47.9 Å². The molecular formula is C29H29F9O5S3. The average molecular weight is 725 g/mol. The predicted octanol–water partition coefficient (Wildman–Crippen LogP) is 9.22. The summed E-state index contributed by atoms with van der Waals surface area (Å²) in [5, 5.41) is -6.97. The maximum atomic E-state index is 14.3. The van der Waals surface area contributed by atoms with Gasteiger partial charge in [-0.1, -0.05) is 64.5 Å². The quantitative estimate of drug-likeness (QED) is 0.122. The van der Waals surface area contributed by atoms with Gasteiger partial charge in [-0.25, -0.2) is 3.63 Å². The molecule has 3 aromatic rings. The maximum absolute atomic E-state index is 14.3. The van der Waals surface area contributed by atoms with Crippen LogP contribution < -0.4 is 0 Å². The molecule has 17 heteroatoms.